The molecule has 0 saturated carbocycles. The molecule has 14 heavy (non-hydrogen) atoms. The summed E-state index contributed by atoms with van der Waals surface area (Å²) in [5, 5.41) is 10.1. The molecular weight excluding hydrogens is 184 g/mol. The van der Waals surface area contributed by atoms with Gasteiger partial charge in [0.05, 0.1) is 18.8 Å². The van der Waals surface area contributed by atoms with Crippen molar-refractivity contribution in [1.29, 1.82) is 0 Å². The van der Waals surface area contributed by atoms with Gasteiger partial charge in [-0.3, -0.25) is 0 Å². The summed E-state index contributed by atoms with van der Waals surface area (Å²) in [5.41, 5.74) is 0. The van der Waals surface area contributed by atoms with Crippen LogP contribution in [0, 0.1) is 0 Å². The van der Waals surface area contributed by atoms with Crippen molar-refractivity contribution in [3.8, 4) is 5.75 Å². The van der Waals surface area contributed by atoms with Crippen LogP contribution in [0.25, 0.3) is 10.8 Å². The van der Waals surface area contributed by atoms with Crippen molar-refractivity contribution in [2.75, 3.05) is 7.11 Å². The Morgan fingerprint density at radius 1 is 1.50 bits per heavy atom. The summed E-state index contributed by atoms with van der Waals surface area (Å²) in [7, 11) is 1.49. The third-order valence-electron chi connectivity index (χ3n) is 2.00. The Hall–Kier alpha value is -1.97. The smallest absolute Gasteiger partial charge is 0.372 e. The standard InChI is InChI=1S/C10H8O4/c1-13-7-4-2-3-6-5-14-9(8(6)7)10(11)12/h2-5H,1H3,(H,11,12). The van der Waals surface area contributed by atoms with Gasteiger partial charge in [-0.2, -0.15) is 0 Å². The SMILES string of the molecule is COc1cccc2coc(C(=O)O)c12. The van der Waals surface area contributed by atoms with Crippen molar-refractivity contribution < 1.29 is 19.1 Å². The van der Waals surface area contributed by atoms with E-state index < -0.39 is 5.97 Å². The van der Waals surface area contributed by atoms with Crippen LogP contribution in [0.1, 0.15) is 10.6 Å². The van der Waals surface area contributed by atoms with E-state index >= 15 is 0 Å². The minimum absolute atomic E-state index is 0.0857. The normalized spacial score (nSPS) is 10.4. The average molecular weight is 192 g/mol. The molecule has 4 nitrogen and oxygen atoms in total. The lowest BCUT2D eigenvalue weighted by molar-refractivity contribution is 0.0665. The Morgan fingerprint density at radius 2 is 2.29 bits per heavy atom. The molecule has 2 rings (SSSR count). The van der Waals surface area contributed by atoms with Crippen LogP contribution in [0.3, 0.4) is 0 Å². The number of furan rings is 1. The largest absolute Gasteiger partial charge is 0.496 e. The highest BCUT2D eigenvalue weighted by atomic mass is 16.5. The fourth-order valence-electron chi connectivity index (χ4n) is 1.40. The first-order valence-corrected chi connectivity index (χ1v) is 4.01. The summed E-state index contributed by atoms with van der Waals surface area (Å²) in [4.78, 5) is 10.8. The van der Waals surface area contributed by atoms with Gasteiger partial charge in [0.2, 0.25) is 5.76 Å². The molecule has 0 saturated heterocycles. The molecule has 1 N–H and O–H groups in total. The summed E-state index contributed by atoms with van der Waals surface area (Å²) in [6.45, 7) is 0. The molecular formula is C10H8O4. The Balaban J connectivity index is 2.81. The fourth-order valence-corrected chi connectivity index (χ4v) is 1.40. The van der Waals surface area contributed by atoms with E-state index in [1.807, 2.05) is 0 Å². The number of carboxylic acid groups (broad SMARTS) is 1. The maximum Gasteiger partial charge on any atom is 0.372 e. The van der Waals surface area contributed by atoms with Crippen LogP contribution in [0.4, 0.5) is 0 Å². The van der Waals surface area contributed by atoms with Gasteiger partial charge in [0.15, 0.2) is 0 Å². The van der Waals surface area contributed by atoms with E-state index in [4.69, 9.17) is 14.3 Å². The van der Waals surface area contributed by atoms with E-state index in [-0.39, 0.29) is 5.76 Å². The topological polar surface area (TPSA) is 59.7 Å². The van der Waals surface area contributed by atoms with Crippen LogP contribution < -0.4 is 4.74 Å². The third-order valence-corrected chi connectivity index (χ3v) is 2.00. The van der Waals surface area contributed by atoms with E-state index in [0.717, 1.165) is 5.39 Å². The van der Waals surface area contributed by atoms with Gasteiger partial charge in [-0.05, 0) is 6.07 Å². The third kappa shape index (κ3) is 1.12. The van der Waals surface area contributed by atoms with Crippen LogP contribution >= 0.6 is 0 Å². The number of benzene rings is 1. The lowest BCUT2D eigenvalue weighted by Crippen LogP contribution is -1.95. The van der Waals surface area contributed by atoms with Crippen LogP contribution in [-0.4, -0.2) is 18.2 Å². The summed E-state index contributed by atoms with van der Waals surface area (Å²) >= 11 is 0. The van der Waals surface area contributed by atoms with Crippen molar-refractivity contribution >= 4 is 16.7 Å². The van der Waals surface area contributed by atoms with E-state index in [1.165, 1.54) is 13.4 Å². The highest BCUT2D eigenvalue weighted by Gasteiger charge is 2.16. The second-order valence-corrected chi connectivity index (χ2v) is 2.79. The quantitative estimate of drug-likeness (QED) is 0.791. The number of carboxylic acids is 1. The zero-order chi connectivity index (χ0) is 10.1. The van der Waals surface area contributed by atoms with Gasteiger partial charge in [0, 0.05) is 5.39 Å². The van der Waals surface area contributed by atoms with Crippen molar-refractivity contribution in [2.24, 2.45) is 0 Å². The molecule has 0 unspecified atom stereocenters. The molecule has 0 amide bonds. The molecule has 1 aromatic carbocycles. The van der Waals surface area contributed by atoms with Crippen molar-refractivity contribution in [2.45, 2.75) is 0 Å². The first-order chi connectivity index (χ1) is 6.74. The predicted octanol–water partition coefficient (Wildman–Crippen LogP) is 2.14. The van der Waals surface area contributed by atoms with Crippen LogP contribution in [0.2, 0.25) is 0 Å². The predicted molar refractivity (Wildman–Crippen MR) is 49.7 cm³/mol. The molecule has 1 aromatic heterocycles. The Labute approximate surface area is 79.7 Å². The molecule has 0 bridgehead atoms. The zero-order valence-electron chi connectivity index (χ0n) is 7.48. The van der Waals surface area contributed by atoms with E-state index in [0.29, 0.717) is 11.1 Å². The van der Waals surface area contributed by atoms with Gasteiger partial charge in [-0.15, -0.1) is 0 Å². The van der Waals surface area contributed by atoms with Gasteiger partial charge in [0.1, 0.15) is 5.75 Å². The second-order valence-electron chi connectivity index (χ2n) is 2.79. The van der Waals surface area contributed by atoms with Gasteiger partial charge in [-0.1, -0.05) is 12.1 Å². The summed E-state index contributed by atoms with van der Waals surface area (Å²) in [6, 6.07) is 5.25. The number of ether oxygens (including phenoxy) is 1. The van der Waals surface area contributed by atoms with Crippen LogP contribution in [0.5, 0.6) is 5.75 Å². The molecule has 0 aliphatic heterocycles. The van der Waals surface area contributed by atoms with Gasteiger partial charge in [-0.25, -0.2) is 4.79 Å². The minimum Gasteiger partial charge on any atom is -0.496 e. The number of carbonyl (C=O) groups is 1. The van der Waals surface area contributed by atoms with E-state index in [2.05, 4.69) is 0 Å². The number of hydrogen-bond donors (Lipinski definition) is 1. The molecule has 2 aromatic rings. The zero-order valence-corrected chi connectivity index (χ0v) is 7.48. The maximum absolute atomic E-state index is 10.8. The summed E-state index contributed by atoms with van der Waals surface area (Å²) < 4.78 is 9.99. The number of rotatable bonds is 2. The number of fused-ring (bicyclic) bond motifs is 1. The lowest BCUT2D eigenvalue weighted by atomic mass is 10.1. The minimum atomic E-state index is -1.09. The Bertz CT molecular complexity index is 484. The first-order valence-electron chi connectivity index (χ1n) is 4.01. The molecule has 4 heteroatoms. The van der Waals surface area contributed by atoms with Crippen LogP contribution in [-0.2, 0) is 0 Å². The second kappa shape index (κ2) is 3.06. The van der Waals surface area contributed by atoms with Gasteiger partial charge in [0.25, 0.3) is 0 Å². The molecule has 0 aliphatic rings. The molecule has 0 radical (unpaired) electrons. The molecule has 0 spiro atoms. The van der Waals surface area contributed by atoms with E-state index in [9.17, 15) is 4.79 Å². The number of methoxy groups -OCH3 is 1. The Morgan fingerprint density at radius 3 is 2.93 bits per heavy atom. The summed E-state index contributed by atoms with van der Waals surface area (Å²) in [6.07, 6.45) is 1.40. The van der Waals surface area contributed by atoms with Crippen molar-refractivity contribution in [3.63, 3.8) is 0 Å². The van der Waals surface area contributed by atoms with Crippen molar-refractivity contribution in [3.05, 3.63) is 30.2 Å². The number of aromatic carboxylic acids is 1. The van der Waals surface area contributed by atoms with Crippen molar-refractivity contribution in [1.82, 2.24) is 0 Å². The van der Waals surface area contributed by atoms with Gasteiger partial charge >= 0.3 is 5.97 Å². The maximum atomic E-state index is 10.8. The molecule has 0 atom stereocenters. The highest BCUT2D eigenvalue weighted by Crippen LogP contribution is 2.30. The fraction of sp³-hybridized carbons (Fsp3) is 0.100. The first kappa shape index (κ1) is 8.62. The average Bonchev–Trinajstić information content (AvgIpc) is 2.60. The monoisotopic (exact) mass is 192 g/mol. The molecule has 0 aliphatic carbocycles. The van der Waals surface area contributed by atoms with E-state index in [1.54, 1.807) is 18.2 Å². The number of hydrogen-bond acceptors (Lipinski definition) is 3. The molecule has 72 valence electrons. The lowest BCUT2D eigenvalue weighted by Gasteiger charge is -2.00. The van der Waals surface area contributed by atoms with Gasteiger partial charge < -0.3 is 14.3 Å². The highest BCUT2D eigenvalue weighted by molar-refractivity contribution is 6.04. The summed E-state index contributed by atoms with van der Waals surface area (Å²) in [5.74, 6) is -0.671. The molecule has 1 heterocycles. The molecule has 0 fully saturated rings. The van der Waals surface area contributed by atoms with Crippen LogP contribution in [0.15, 0.2) is 28.9 Å². The Kier molecular flexibility index (Phi) is 1.89.